The lowest BCUT2D eigenvalue weighted by molar-refractivity contribution is 0.0953. The van der Waals surface area contributed by atoms with Gasteiger partial charge in [0.15, 0.2) is 11.5 Å². The fourth-order valence-electron chi connectivity index (χ4n) is 2.42. The number of nitrogens with one attached hydrogen (secondary N) is 1. The van der Waals surface area contributed by atoms with Crippen LogP contribution in [0.25, 0.3) is 0 Å². The Balaban J connectivity index is 1.93. The van der Waals surface area contributed by atoms with Crippen molar-refractivity contribution in [2.45, 2.75) is 26.7 Å². The van der Waals surface area contributed by atoms with E-state index in [1.165, 1.54) is 0 Å². The first-order valence-electron chi connectivity index (χ1n) is 8.86. The molecule has 0 aliphatic heterocycles. The van der Waals surface area contributed by atoms with Gasteiger partial charge in [-0.1, -0.05) is 26.0 Å². The van der Waals surface area contributed by atoms with Crippen molar-refractivity contribution in [3.8, 4) is 17.2 Å². The van der Waals surface area contributed by atoms with Crippen molar-refractivity contribution >= 4 is 5.91 Å². The summed E-state index contributed by atoms with van der Waals surface area (Å²) in [4.78, 5) is 12.4. The highest BCUT2D eigenvalue weighted by molar-refractivity contribution is 5.94. The Hall–Kier alpha value is -2.69. The van der Waals surface area contributed by atoms with E-state index in [2.05, 4.69) is 19.2 Å². The first kappa shape index (κ1) is 19.6. The van der Waals surface area contributed by atoms with Gasteiger partial charge in [0.1, 0.15) is 5.75 Å². The highest BCUT2D eigenvalue weighted by Crippen LogP contribution is 2.28. The number of carbonyl (C=O) groups excluding carboxylic acids is 1. The molecule has 5 heteroatoms. The van der Waals surface area contributed by atoms with Crippen LogP contribution in [0.5, 0.6) is 17.2 Å². The molecule has 0 atom stereocenters. The molecule has 1 amide bonds. The van der Waals surface area contributed by atoms with Crippen LogP contribution < -0.4 is 14.8 Å². The number of rotatable bonds is 9. The molecule has 0 heterocycles. The number of phenolic OH excluding ortho intramolecular Hbond substituents is 1. The molecule has 26 heavy (non-hydrogen) atoms. The van der Waals surface area contributed by atoms with Crippen LogP contribution in [-0.4, -0.2) is 31.3 Å². The van der Waals surface area contributed by atoms with Gasteiger partial charge in [0, 0.05) is 12.1 Å². The monoisotopic (exact) mass is 357 g/mol. The molecule has 2 rings (SSSR count). The van der Waals surface area contributed by atoms with Crippen LogP contribution in [-0.2, 0) is 6.42 Å². The van der Waals surface area contributed by atoms with Crippen LogP contribution in [0.1, 0.15) is 36.2 Å². The molecule has 0 aliphatic carbocycles. The minimum absolute atomic E-state index is 0.153. The minimum atomic E-state index is -0.153. The zero-order valence-electron chi connectivity index (χ0n) is 15.6. The maximum atomic E-state index is 12.4. The molecule has 0 unspecified atom stereocenters. The molecule has 0 saturated heterocycles. The number of phenols is 1. The first-order chi connectivity index (χ1) is 12.5. The minimum Gasteiger partial charge on any atom is -0.508 e. The lowest BCUT2D eigenvalue weighted by Gasteiger charge is -2.13. The zero-order valence-corrected chi connectivity index (χ0v) is 15.6. The van der Waals surface area contributed by atoms with Gasteiger partial charge in [-0.25, -0.2) is 0 Å². The molecule has 0 aliphatic rings. The third-order valence-electron chi connectivity index (χ3n) is 4.01. The average Bonchev–Trinajstić information content (AvgIpc) is 2.63. The molecule has 0 saturated carbocycles. The smallest absolute Gasteiger partial charge is 0.251 e. The van der Waals surface area contributed by atoms with Crippen LogP contribution in [0.4, 0.5) is 0 Å². The van der Waals surface area contributed by atoms with Crippen LogP contribution in [0.15, 0.2) is 42.5 Å². The van der Waals surface area contributed by atoms with Crippen molar-refractivity contribution in [3.05, 3.63) is 53.6 Å². The number of methoxy groups -OCH3 is 1. The van der Waals surface area contributed by atoms with E-state index < -0.39 is 0 Å². The Bertz CT molecular complexity index is 710. The summed E-state index contributed by atoms with van der Waals surface area (Å²) in [5.74, 6) is 1.84. The Morgan fingerprint density at radius 1 is 1.12 bits per heavy atom. The van der Waals surface area contributed by atoms with Gasteiger partial charge >= 0.3 is 0 Å². The Morgan fingerprint density at radius 3 is 2.50 bits per heavy atom. The van der Waals surface area contributed by atoms with Crippen LogP contribution in [0.2, 0.25) is 0 Å². The summed E-state index contributed by atoms with van der Waals surface area (Å²) in [6, 6.07) is 12.2. The molecule has 0 spiro atoms. The van der Waals surface area contributed by atoms with Crippen molar-refractivity contribution in [1.29, 1.82) is 0 Å². The highest BCUT2D eigenvalue weighted by Gasteiger charge is 2.11. The van der Waals surface area contributed by atoms with Gasteiger partial charge in [-0.3, -0.25) is 4.79 Å². The van der Waals surface area contributed by atoms with E-state index in [-0.39, 0.29) is 11.7 Å². The topological polar surface area (TPSA) is 67.8 Å². The number of amides is 1. The lowest BCUT2D eigenvalue weighted by atomic mass is 10.1. The Morgan fingerprint density at radius 2 is 1.85 bits per heavy atom. The summed E-state index contributed by atoms with van der Waals surface area (Å²) >= 11 is 0. The summed E-state index contributed by atoms with van der Waals surface area (Å²) in [6.07, 6.45) is 1.63. The predicted octanol–water partition coefficient (Wildman–Crippen LogP) is 3.80. The van der Waals surface area contributed by atoms with Gasteiger partial charge in [0.05, 0.1) is 13.7 Å². The van der Waals surface area contributed by atoms with Gasteiger partial charge in [-0.2, -0.15) is 0 Å². The quantitative estimate of drug-likeness (QED) is 0.716. The van der Waals surface area contributed by atoms with Crippen LogP contribution in [0, 0.1) is 5.92 Å². The van der Waals surface area contributed by atoms with Crippen molar-refractivity contribution in [1.82, 2.24) is 5.32 Å². The summed E-state index contributed by atoms with van der Waals surface area (Å²) in [5.41, 5.74) is 1.59. The average molecular weight is 357 g/mol. The number of hydrogen-bond donors (Lipinski definition) is 2. The van der Waals surface area contributed by atoms with E-state index >= 15 is 0 Å². The van der Waals surface area contributed by atoms with Crippen LogP contribution in [0.3, 0.4) is 0 Å². The van der Waals surface area contributed by atoms with Gasteiger partial charge in [-0.15, -0.1) is 0 Å². The van der Waals surface area contributed by atoms with E-state index in [9.17, 15) is 9.90 Å². The fraction of sp³-hybridized carbons (Fsp3) is 0.381. The maximum absolute atomic E-state index is 12.4. The van der Waals surface area contributed by atoms with Gasteiger partial charge in [-0.05, 0) is 54.7 Å². The first-order valence-corrected chi connectivity index (χ1v) is 8.86. The third kappa shape index (κ3) is 5.99. The molecule has 2 aromatic carbocycles. The largest absolute Gasteiger partial charge is 0.508 e. The van der Waals surface area contributed by atoms with Gasteiger partial charge in [0.25, 0.3) is 5.91 Å². The SMILES string of the molecule is COc1ccc(C(=O)NCCc2ccc(O)cc2)cc1OCCC(C)C. The number of carbonyl (C=O) groups is 1. The molecule has 140 valence electrons. The normalized spacial score (nSPS) is 10.6. The van der Waals surface area contributed by atoms with E-state index in [0.717, 1.165) is 12.0 Å². The second-order valence-corrected chi connectivity index (χ2v) is 6.57. The van der Waals surface area contributed by atoms with Crippen molar-refractivity contribution in [3.63, 3.8) is 0 Å². The van der Waals surface area contributed by atoms with Crippen molar-refractivity contribution < 1.29 is 19.4 Å². The zero-order chi connectivity index (χ0) is 18.9. The Labute approximate surface area is 155 Å². The second-order valence-electron chi connectivity index (χ2n) is 6.57. The number of benzene rings is 2. The second kappa shape index (κ2) is 9.70. The number of aromatic hydroxyl groups is 1. The maximum Gasteiger partial charge on any atom is 0.251 e. The Kier molecular flexibility index (Phi) is 7.33. The van der Waals surface area contributed by atoms with Gasteiger partial charge < -0.3 is 19.9 Å². The van der Waals surface area contributed by atoms with Crippen molar-refractivity contribution in [2.24, 2.45) is 5.92 Å². The van der Waals surface area contributed by atoms with E-state index in [1.807, 2.05) is 12.1 Å². The molecule has 2 aromatic rings. The molecule has 2 N–H and O–H groups in total. The third-order valence-corrected chi connectivity index (χ3v) is 4.01. The number of hydrogen-bond acceptors (Lipinski definition) is 4. The van der Waals surface area contributed by atoms with Crippen molar-refractivity contribution in [2.75, 3.05) is 20.3 Å². The predicted molar refractivity (Wildman–Crippen MR) is 102 cm³/mol. The van der Waals surface area contributed by atoms with Gasteiger partial charge in [0.2, 0.25) is 0 Å². The van der Waals surface area contributed by atoms with E-state index in [0.29, 0.717) is 42.6 Å². The fourth-order valence-corrected chi connectivity index (χ4v) is 2.42. The summed E-state index contributed by atoms with van der Waals surface area (Å²) in [5, 5.41) is 12.2. The summed E-state index contributed by atoms with van der Waals surface area (Å²) in [6.45, 7) is 5.37. The molecule has 0 aromatic heterocycles. The standard InChI is InChI=1S/C21H27NO4/c1-15(2)11-13-26-20-14-17(6-9-19(20)25-3)21(24)22-12-10-16-4-7-18(23)8-5-16/h4-9,14-15,23H,10-13H2,1-3H3,(H,22,24). The molecule has 0 bridgehead atoms. The van der Waals surface area contributed by atoms with E-state index in [4.69, 9.17) is 9.47 Å². The molecule has 0 fully saturated rings. The summed E-state index contributed by atoms with van der Waals surface area (Å²) < 4.78 is 11.1. The highest BCUT2D eigenvalue weighted by atomic mass is 16.5. The summed E-state index contributed by atoms with van der Waals surface area (Å²) in [7, 11) is 1.59. The lowest BCUT2D eigenvalue weighted by Crippen LogP contribution is -2.25. The number of ether oxygens (including phenoxy) is 2. The molecule has 0 radical (unpaired) electrons. The molecular weight excluding hydrogens is 330 g/mol. The molecular formula is C21H27NO4. The molecule has 5 nitrogen and oxygen atoms in total. The van der Waals surface area contributed by atoms with Crippen LogP contribution >= 0.6 is 0 Å². The van der Waals surface area contributed by atoms with E-state index in [1.54, 1.807) is 37.4 Å².